The summed E-state index contributed by atoms with van der Waals surface area (Å²) in [6.45, 7) is 0.559. The summed E-state index contributed by atoms with van der Waals surface area (Å²) in [6.07, 6.45) is 0. The number of hydrogen-bond acceptors (Lipinski definition) is 3. The van der Waals surface area contributed by atoms with Crippen LogP contribution in [0.25, 0.3) is 0 Å². The van der Waals surface area contributed by atoms with Gasteiger partial charge in [-0.1, -0.05) is 0 Å². The van der Waals surface area contributed by atoms with Crippen molar-refractivity contribution in [1.82, 2.24) is 10.6 Å². The maximum atomic E-state index is 13.7. The predicted molar refractivity (Wildman–Crippen MR) is 101 cm³/mol. The first-order valence-electron chi connectivity index (χ1n) is 7.77. The highest BCUT2D eigenvalue weighted by atomic mass is 79.9. The van der Waals surface area contributed by atoms with Crippen molar-refractivity contribution in [2.24, 2.45) is 4.99 Å². The van der Waals surface area contributed by atoms with Gasteiger partial charge in [-0.2, -0.15) is 0 Å². The molecule has 0 amide bonds. The van der Waals surface area contributed by atoms with Crippen molar-refractivity contribution in [3.05, 3.63) is 57.6 Å². The van der Waals surface area contributed by atoms with Crippen LogP contribution in [-0.4, -0.2) is 27.2 Å². The number of rotatable bonds is 6. The number of nitrogens with one attached hydrogen (secondary N) is 2. The van der Waals surface area contributed by atoms with E-state index in [2.05, 4.69) is 31.6 Å². The molecule has 0 bridgehead atoms. The Kier molecular flexibility index (Phi) is 7.20. The topological polar surface area (TPSA) is 54.9 Å². The van der Waals surface area contributed by atoms with Gasteiger partial charge in [-0.15, -0.1) is 0 Å². The maximum Gasteiger partial charge on any atom is 0.191 e. The lowest BCUT2D eigenvalue weighted by molar-refractivity contribution is 0.352. The Hall–Kier alpha value is -2.35. The highest BCUT2D eigenvalue weighted by Crippen LogP contribution is 2.36. The largest absolute Gasteiger partial charge is 0.493 e. The van der Waals surface area contributed by atoms with Gasteiger partial charge in [0, 0.05) is 25.7 Å². The van der Waals surface area contributed by atoms with Gasteiger partial charge >= 0.3 is 0 Å². The van der Waals surface area contributed by atoms with Crippen LogP contribution in [0.1, 0.15) is 11.1 Å². The van der Waals surface area contributed by atoms with Gasteiger partial charge in [0.1, 0.15) is 11.6 Å². The number of guanidine groups is 1. The third-order valence-electron chi connectivity index (χ3n) is 3.63. The number of aliphatic imine (C=N–C) groups is 1. The monoisotopic (exact) mass is 427 g/mol. The van der Waals surface area contributed by atoms with E-state index in [0.717, 1.165) is 28.2 Å². The molecule has 5 nitrogen and oxygen atoms in total. The molecule has 2 aromatic carbocycles. The summed E-state index contributed by atoms with van der Waals surface area (Å²) in [6, 6.07) is 7.08. The molecule has 0 fully saturated rings. The average molecular weight is 428 g/mol. The second kappa shape index (κ2) is 9.38. The Morgan fingerprint density at radius 1 is 1.08 bits per heavy atom. The molecule has 0 saturated carbocycles. The Balaban J connectivity index is 2.01. The molecular formula is C18H20BrF2N3O2. The molecule has 0 aliphatic heterocycles. The molecule has 0 unspecified atom stereocenters. The first-order chi connectivity index (χ1) is 12.5. The highest BCUT2D eigenvalue weighted by molar-refractivity contribution is 9.10. The molecule has 0 aliphatic rings. The van der Waals surface area contributed by atoms with Crippen LogP contribution in [-0.2, 0) is 13.1 Å². The standard InChI is InChI=1S/C18H20BrF2N3O2/c1-22-18(24-10-12-8-13(20)4-5-15(12)21)23-9-11-6-14(19)17(26-3)16(7-11)25-2/h4-8H,9-10H2,1-3H3,(H2,22,23,24). The summed E-state index contributed by atoms with van der Waals surface area (Å²) in [5, 5.41) is 6.07. The van der Waals surface area contributed by atoms with Crippen LogP contribution >= 0.6 is 15.9 Å². The maximum absolute atomic E-state index is 13.7. The van der Waals surface area contributed by atoms with E-state index in [0.29, 0.717) is 24.0 Å². The van der Waals surface area contributed by atoms with Crippen LogP contribution in [0.3, 0.4) is 0 Å². The van der Waals surface area contributed by atoms with Crippen LogP contribution in [0.2, 0.25) is 0 Å². The summed E-state index contributed by atoms with van der Waals surface area (Å²) in [4.78, 5) is 4.08. The van der Waals surface area contributed by atoms with E-state index < -0.39 is 11.6 Å². The molecule has 0 saturated heterocycles. The van der Waals surface area contributed by atoms with E-state index in [4.69, 9.17) is 9.47 Å². The van der Waals surface area contributed by atoms with Crippen LogP contribution < -0.4 is 20.1 Å². The van der Waals surface area contributed by atoms with Crippen molar-refractivity contribution in [1.29, 1.82) is 0 Å². The third-order valence-corrected chi connectivity index (χ3v) is 4.22. The first-order valence-corrected chi connectivity index (χ1v) is 8.56. The van der Waals surface area contributed by atoms with Crippen molar-refractivity contribution in [3.8, 4) is 11.5 Å². The summed E-state index contributed by atoms with van der Waals surface area (Å²) in [5.41, 5.74) is 1.15. The first kappa shape index (κ1) is 20.0. The van der Waals surface area contributed by atoms with E-state index in [-0.39, 0.29) is 12.1 Å². The van der Waals surface area contributed by atoms with Crippen LogP contribution in [0, 0.1) is 11.6 Å². The second-order valence-corrected chi connectivity index (χ2v) is 6.18. The molecule has 2 N–H and O–H groups in total. The minimum Gasteiger partial charge on any atom is -0.493 e. The Morgan fingerprint density at radius 2 is 1.81 bits per heavy atom. The molecule has 0 atom stereocenters. The minimum atomic E-state index is -0.485. The van der Waals surface area contributed by atoms with Crippen molar-refractivity contribution >= 4 is 21.9 Å². The molecule has 0 aromatic heterocycles. The second-order valence-electron chi connectivity index (χ2n) is 5.33. The molecule has 8 heteroatoms. The molecule has 0 radical (unpaired) electrons. The number of hydrogen-bond donors (Lipinski definition) is 2. The van der Waals surface area contributed by atoms with E-state index in [1.165, 1.54) is 0 Å². The van der Waals surface area contributed by atoms with Crippen LogP contribution in [0.5, 0.6) is 11.5 Å². The Morgan fingerprint density at radius 3 is 2.46 bits per heavy atom. The lowest BCUT2D eigenvalue weighted by Crippen LogP contribution is -2.36. The van der Waals surface area contributed by atoms with Crippen molar-refractivity contribution in [3.63, 3.8) is 0 Å². The Bertz CT molecular complexity index is 800. The van der Waals surface area contributed by atoms with E-state index in [9.17, 15) is 8.78 Å². The fourth-order valence-corrected chi connectivity index (χ4v) is 2.99. The van der Waals surface area contributed by atoms with E-state index in [1.807, 2.05) is 12.1 Å². The lowest BCUT2D eigenvalue weighted by Gasteiger charge is -2.15. The zero-order valence-corrected chi connectivity index (χ0v) is 16.3. The summed E-state index contributed by atoms with van der Waals surface area (Å²) >= 11 is 3.44. The molecule has 26 heavy (non-hydrogen) atoms. The van der Waals surface area contributed by atoms with Gasteiger partial charge in [-0.3, -0.25) is 4.99 Å². The number of methoxy groups -OCH3 is 2. The molecular weight excluding hydrogens is 408 g/mol. The average Bonchev–Trinajstić information content (AvgIpc) is 2.63. The number of benzene rings is 2. The predicted octanol–water partition coefficient (Wildman–Crippen LogP) is 3.61. The molecule has 0 heterocycles. The Labute approximate surface area is 159 Å². The van der Waals surface area contributed by atoms with Crippen molar-refractivity contribution < 1.29 is 18.3 Å². The van der Waals surface area contributed by atoms with Crippen molar-refractivity contribution in [2.75, 3.05) is 21.3 Å². The summed E-state index contributed by atoms with van der Waals surface area (Å²) in [7, 11) is 4.73. The van der Waals surface area contributed by atoms with Crippen molar-refractivity contribution in [2.45, 2.75) is 13.1 Å². The van der Waals surface area contributed by atoms with E-state index >= 15 is 0 Å². The van der Waals surface area contributed by atoms with Gasteiger partial charge in [0.2, 0.25) is 0 Å². The van der Waals surface area contributed by atoms with Crippen LogP contribution in [0.4, 0.5) is 8.78 Å². The smallest absolute Gasteiger partial charge is 0.191 e. The number of halogens is 3. The zero-order valence-electron chi connectivity index (χ0n) is 14.7. The third kappa shape index (κ3) is 5.08. The summed E-state index contributed by atoms with van der Waals surface area (Å²) < 4.78 is 38.3. The number of nitrogens with zero attached hydrogens (tertiary/aromatic N) is 1. The fourth-order valence-electron chi connectivity index (χ4n) is 2.34. The molecule has 0 spiro atoms. The fraction of sp³-hybridized carbons (Fsp3) is 0.278. The lowest BCUT2D eigenvalue weighted by atomic mass is 10.2. The molecule has 2 rings (SSSR count). The number of ether oxygens (including phenoxy) is 2. The quantitative estimate of drug-likeness (QED) is 0.546. The summed E-state index contributed by atoms with van der Waals surface area (Å²) in [5.74, 6) is 0.711. The van der Waals surface area contributed by atoms with Gasteiger partial charge < -0.3 is 20.1 Å². The minimum absolute atomic E-state index is 0.110. The van der Waals surface area contributed by atoms with Gasteiger partial charge in [0.25, 0.3) is 0 Å². The van der Waals surface area contributed by atoms with Gasteiger partial charge in [0.15, 0.2) is 17.5 Å². The van der Waals surface area contributed by atoms with Gasteiger partial charge in [-0.05, 0) is 51.8 Å². The van der Waals surface area contributed by atoms with Gasteiger partial charge in [0.05, 0.1) is 18.7 Å². The SMILES string of the molecule is CN=C(NCc1cc(Br)c(OC)c(OC)c1)NCc1cc(F)ccc1F. The normalized spacial score (nSPS) is 11.2. The molecule has 0 aliphatic carbocycles. The highest BCUT2D eigenvalue weighted by Gasteiger charge is 2.11. The van der Waals surface area contributed by atoms with Gasteiger partial charge in [-0.25, -0.2) is 8.78 Å². The van der Waals surface area contributed by atoms with E-state index in [1.54, 1.807) is 21.3 Å². The molecule has 140 valence electrons. The van der Waals surface area contributed by atoms with Crippen LogP contribution in [0.15, 0.2) is 39.8 Å². The zero-order chi connectivity index (χ0) is 19.1. The molecule has 2 aromatic rings.